The second-order valence-electron chi connectivity index (χ2n) is 4.14. The van der Waals surface area contributed by atoms with Crippen LogP contribution in [-0.4, -0.2) is 13.7 Å². The lowest BCUT2D eigenvalue weighted by molar-refractivity contribution is 0.401. The van der Waals surface area contributed by atoms with Crippen molar-refractivity contribution in [1.29, 1.82) is 0 Å². The van der Waals surface area contributed by atoms with Crippen LogP contribution in [0.25, 0.3) is 0 Å². The van der Waals surface area contributed by atoms with Crippen LogP contribution in [0.4, 0.5) is 0 Å². The van der Waals surface area contributed by atoms with Gasteiger partial charge in [0.25, 0.3) is 0 Å². The van der Waals surface area contributed by atoms with Gasteiger partial charge in [-0.3, -0.25) is 0 Å². The molecule has 2 N–H and O–H groups in total. The van der Waals surface area contributed by atoms with Gasteiger partial charge in [-0.1, -0.05) is 12.1 Å². The number of nitrogens with two attached hydrogens (primary N) is 1. The minimum absolute atomic E-state index is 0.690. The van der Waals surface area contributed by atoms with E-state index in [2.05, 4.69) is 12.1 Å². The lowest BCUT2D eigenvalue weighted by Gasteiger charge is -2.21. The molecule has 0 radical (unpaired) electrons. The zero-order chi connectivity index (χ0) is 10.7. The molecule has 1 aromatic rings. The Morgan fingerprint density at radius 1 is 1.27 bits per heavy atom. The van der Waals surface area contributed by atoms with Gasteiger partial charge in [0.2, 0.25) is 0 Å². The van der Waals surface area contributed by atoms with E-state index < -0.39 is 0 Å². The fraction of sp³-hybridized carbons (Fsp3) is 0.538. The van der Waals surface area contributed by atoms with Crippen LogP contribution in [0.3, 0.4) is 0 Å². The number of rotatable bonds is 3. The maximum atomic E-state index is 5.60. The van der Waals surface area contributed by atoms with Crippen molar-refractivity contribution >= 4 is 0 Å². The highest BCUT2D eigenvalue weighted by Gasteiger charge is 2.16. The zero-order valence-corrected chi connectivity index (χ0v) is 9.38. The topological polar surface area (TPSA) is 35.2 Å². The summed E-state index contributed by atoms with van der Waals surface area (Å²) in [4.78, 5) is 0. The molecule has 0 saturated heterocycles. The maximum Gasteiger partial charge on any atom is 0.125 e. The smallest absolute Gasteiger partial charge is 0.125 e. The Hall–Kier alpha value is -1.02. The molecule has 0 fully saturated rings. The molecule has 2 heteroatoms. The minimum atomic E-state index is 0.690. The van der Waals surface area contributed by atoms with Crippen molar-refractivity contribution in [3.8, 4) is 5.75 Å². The van der Waals surface area contributed by atoms with Gasteiger partial charge in [-0.25, -0.2) is 0 Å². The maximum absolute atomic E-state index is 5.60. The third kappa shape index (κ3) is 2.00. The van der Waals surface area contributed by atoms with E-state index in [1.54, 1.807) is 7.11 Å². The summed E-state index contributed by atoms with van der Waals surface area (Å²) in [6.45, 7) is 0.690. The Bertz CT molecular complexity index is 347. The predicted octanol–water partition coefficient (Wildman–Crippen LogP) is 2.08. The Kier molecular flexibility index (Phi) is 3.27. The van der Waals surface area contributed by atoms with E-state index in [9.17, 15) is 0 Å². The van der Waals surface area contributed by atoms with Gasteiger partial charge in [0.15, 0.2) is 0 Å². The lowest BCUT2D eigenvalue weighted by Crippen LogP contribution is -2.09. The number of hydrogen-bond acceptors (Lipinski definition) is 2. The molecule has 2 rings (SSSR count). The van der Waals surface area contributed by atoms with Crippen molar-refractivity contribution < 1.29 is 4.74 Å². The highest BCUT2D eigenvalue weighted by Crippen LogP contribution is 2.32. The molecule has 0 aromatic heterocycles. The van der Waals surface area contributed by atoms with Crippen LogP contribution >= 0.6 is 0 Å². The van der Waals surface area contributed by atoms with Gasteiger partial charge in [-0.2, -0.15) is 0 Å². The number of aryl methyl sites for hydroxylation is 1. The number of methoxy groups -OCH3 is 1. The van der Waals surface area contributed by atoms with E-state index in [-0.39, 0.29) is 0 Å². The largest absolute Gasteiger partial charge is 0.496 e. The van der Waals surface area contributed by atoms with E-state index in [1.165, 1.54) is 36.0 Å². The fourth-order valence-corrected chi connectivity index (χ4v) is 2.45. The number of fused-ring (bicyclic) bond motifs is 1. The molecule has 0 spiro atoms. The Balaban J connectivity index is 2.42. The summed E-state index contributed by atoms with van der Waals surface area (Å²) in [5.41, 5.74) is 9.77. The summed E-state index contributed by atoms with van der Waals surface area (Å²) < 4.78 is 5.54. The first kappa shape index (κ1) is 10.5. The third-order valence-corrected chi connectivity index (χ3v) is 3.18. The van der Waals surface area contributed by atoms with Crippen molar-refractivity contribution in [2.45, 2.75) is 32.1 Å². The average molecular weight is 205 g/mol. The summed E-state index contributed by atoms with van der Waals surface area (Å²) in [6, 6.07) is 4.43. The first-order valence-corrected chi connectivity index (χ1v) is 5.74. The molecular weight excluding hydrogens is 186 g/mol. The number of ether oxygens (including phenoxy) is 1. The summed E-state index contributed by atoms with van der Waals surface area (Å²) in [5, 5.41) is 0. The van der Waals surface area contributed by atoms with Crippen LogP contribution < -0.4 is 10.5 Å². The second-order valence-corrected chi connectivity index (χ2v) is 4.14. The molecule has 0 bridgehead atoms. The lowest BCUT2D eigenvalue weighted by atomic mass is 9.89. The predicted molar refractivity (Wildman–Crippen MR) is 62.4 cm³/mol. The summed E-state index contributed by atoms with van der Waals surface area (Å²) in [5.74, 6) is 1.10. The van der Waals surface area contributed by atoms with Crippen LogP contribution in [0.1, 0.15) is 29.5 Å². The quantitative estimate of drug-likeness (QED) is 0.820. The third-order valence-electron chi connectivity index (χ3n) is 3.18. The first-order chi connectivity index (χ1) is 7.36. The van der Waals surface area contributed by atoms with Crippen LogP contribution in [0.5, 0.6) is 5.75 Å². The van der Waals surface area contributed by atoms with Gasteiger partial charge in [-0.05, 0) is 55.3 Å². The first-order valence-electron chi connectivity index (χ1n) is 5.74. The molecule has 2 nitrogen and oxygen atoms in total. The Morgan fingerprint density at radius 2 is 2.07 bits per heavy atom. The van der Waals surface area contributed by atoms with E-state index in [4.69, 9.17) is 10.5 Å². The summed E-state index contributed by atoms with van der Waals surface area (Å²) in [6.07, 6.45) is 5.88. The Morgan fingerprint density at radius 3 is 2.80 bits per heavy atom. The molecule has 1 aromatic carbocycles. The van der Waals surface area contributed by atoms with Gasteiger partial charge in [0.05, 0.1) is 7.11 Å². The Labute approximate surface area is 91.4 Å². The van der Waals surface area contributed by atoms with Gasteiger partial charge < -0.3 is 10.5 Å². The van der Waals surface area contributed by atoms with Crippen molar-refractivity contribution in [1.82, 2.24) is 0 Å². The molecule has 1 aliphatic rings. The van der Waals surface area contributed by atoms with Crippen LogP contribution in [0, 0.1) is 0 Å². The van der Waals surface area contributed by atoms with E-state index in [1.807, 2.05) is 0 Å². The van der Waals surface area contributed by atoms with Crippen molar-refractivity contribution in [3.05, 3.63) is 28.8 Å². The van der Waals surface area contributed by atoms with Gasteiger partial charge in [0.1, 0.15) is 5.75 Å². The molecule has 15 heavy (non-hydrogen) atoms. The summed E-state index contributed by atoms with van der Waals surface area (Å²) >= 11 is 0. The van der Waals surface area contributed by atoms with Gasteiger partial charge in [-0.15, -0.1) is 0 Å². The van der Waals surface area contributed by atoms with Crippen LogP contribution in [-0.2, 0) is 19.3 Å². The average Bonchev–Trinajstić information content (AvgIpc) is 2.29. The highest BCUT2D eigenvalue weighted by molar-refractivity contribution is 5.47. The van der Waals surface area contributed by atoms with Gasteiger partial charge in [0, 0.05) is 0 Å². The molecule has 1 aliphatic carbocycles. The second kappa shape index (κ2) is 4.67. The SMILES string of the molecule is COc1c(CCN)ccc2c1CCCC2. The summed E-state index contributed by atoms with van der Waals surface area (Å²) in [7, 11) is 1.77. The van der Waals surface area contributed by atoms with Crippen molar-refractivity contribution in [3.63, 3.8) is 0 Å². The van der Waals surface area contributed by atoms with Crippen molar-refractivity contribution in [2.75, 3.05) is 13.7 Å². The van der Waals surface area contributed by atoms with E-state index >= 15 is 0 Å². The van der Waals surface area contributed by atoms with Crippen molar-refractivity contribution in [2.24, 2.45) is 5.73 Å². The van der Waals surface area contributed by atoms with Crippen LogP contribution in [0.15, 0.2) is 12.1 Å². The molecule has 0 atom stereocenters. The molecule has 0 aliphatic heterocycles. The number of hydrogen-bond donors (Lipinski definition) is 1. The monoisotopic (exact) mass is 205 g/mol. The molecule has 0 unspecified atom stereocenters. The standard InChI is InChI=1S/C13H19NO/c1-15-13-11(8-9-14)7-6-10-4-2-3-5-12(10)13/h6-7H,2-5,8-9,14H2,1H3. The van der Waals surface area contributed by atoms with E-state index in [0.29, 0.717) is 6.54 Å². The highest BCUT2D eigenvalue weighted by atomic mass is 16.5. The fourth-order valence-electron chi connectivity index (χ4n) is 2.45. The van der Waals surface area contributed by atoms with Gasteiger partial charge >= 0.3 is 0 Å². The van der Waals surface area contributed by atoms with Crippen LogP contribution in [0.2, 0.25) is 0 Å². The molecule has 0 heterocycles. The minimum Gasteiger partial charge on any atom is -0.496 e. The molecular formula is C13H19NO. The number of benzene rings is 1. The zero-order valence-electron chi connectivity index (χ0n) is 9.38. The molecule has 0 amide bonds. The molecule has 82 valence electrons. The van der Waals surface area contributed by atoms with E-state index in [0.717, 1.165) is 18.6 Å². The molecule has 0 saturated carbocycles. The normalized spacial score (nSPS) is 14.8.